The van der Waals surface area contributed by atoms with Gasteiger partial charge < -0.3 is 5.32 Å². The minimum absolute atomic E-state index is 0.299. The van der Waals surface area contributed by atoms with Crippen LogP contribution in [0.4, 0.5) is 11.8 Å². The van der Waals surface area contributed by atoms with E-state index in [9.17, 15) is 8.42 Å². The molecular weight excluding hydrogens is 342 g/mol. The van der Waals surface area contributed by atoms with Gasteiger partial charge in [-0.3, -0.25) is 4.98 Å². The molecule has 9 nitrogen and oxygen atoms in total. The zero-order valence-electron chi connectivity index (χ0n) is 14.2. The van der Waals surface area contributed by atoms with Gasteiger partial charge in [0.05, 0.1) is 17.9 Å². The van der Waals surface area contributed by atoms with Crippen molar-refractivity contribution in [3.63, 3.8) is 0 Å². The van der Waals surface area contributed by atoms with Crippen LogP contribution in [-0.2, 0) is 10.2 Å². The van der Waals surface area contributed by atoms with Crippen LogP contribution in [0.25, 0.3) is 0 Å². The van der Waals surface area contributed by atoms with E-state index in [1.807, 2.05) is 0 Å². The standard InChI is InChI=1S/C15H21N7O2S/c1-21(2)25(23,24)22-10-4-3-5-13(22)12-6-7-18-15(19-12)20-14-11-16-8-9-17-14/h6-9,11,13H,3-5,10H2,1-2H3,(H,17,18,19,20)/t13-/m0/s1. The van der Waals surface area contributed by atoms with Gasteiger partial charge in [-0.25, -0.2) is 15.0 Å². The molecule has 1 atom stereocenters. The summed E-state index contributed by atoms with van der Waals surface area (Å²) in [6.07, 6.45) is 8.87. The Kier molecular flexibility index (Phi) is 5.21. The summed E-state index contributed by atoms with van der Waals surface area (Å²) >= 11 is 0. The molecule has 25 heavy (non-hydrogen) atoms. The smallest absolute Gasteiger partial charge is 0.282 e. The van der Waals surface area contributed by atoms with E-state index in [4.69, 9.17) is 0 Å². The molecule has 1 aliphatic rings. The predicted molar refractivity (Wildman–Crippen MR) is 93.3 cm³/mol. The third-order valence-corrected chi connectivity index (χ3v) is 5.99. The molecule has 1 aliphatic heterocycles. The second kappa shape index (κ2) is 7.38. The Morgan fingerprint density at radius 3 is 2.76 bits per heavy atom. The van der Waals surface area contributed by atoms with E-state index in [0.717, 1.165) is 19.3 Å². The maximum absolute atomic E-state index is 12.6. The normalized spacial score (nSPS) is 19.1. The van der Waals surface area contributed by atoms with Crippen LogP contribution in [0, 0.1) is 0 Å². The second-order valence-corrected chi connectivity index (χ2v) is 8.03. The fourth-order valence-corrected chi connectivity index (χ4v) is 4.10. The van der Waals surface area contributed by atoms with Crippen molar-refractivity contribution in [2.45, 2.75) is 25.3 Å². The highest BCUT2D eigenvalue weighted by Gasteiger charge is 2.35. The zero-order valence-corrected chi connectivity index (χ0v) is 15.0. The van der Waals surface area contributed by atoms with Crippen LogP contribution in [0.5, 0.6) is 0 Å². The van der Waals surface area contributed by atoms with Crippen molar-refractivity contribution in [2.24, 2.45) is 0 Å². The average Bonchev–Trinajstić information content (AvgIpc) is 2.63. The van der Waals surface area contributed by atoms with Crippen molar-refractivity contribution >= 4 is 22.0 Å². The largest absolute Gasteiger partial charge is 0.307 e. The molecular formula is C15H21N7O2S. The molecule has 3 heterocycles. The summed E-state index contributed by atoms with van der Waals surface area (Å²) in [4.78, 5) is 16.8. The van der Waals surface area contributed by atoms with Gasteiger partial charge in [0, 0.05) is 39.2 Å². The van der Waals surface area contributed by atoms with Crippen molar-refractivity contribution in [3.8, 4) is 0 Å². The lowest BCUT2D eigenvalue weighted by molar-refractivity contribution is 0.238. The van der Waals surface area contributed by atoms with Crippen LogP contribution >= 0.6 is 0 Å². The summed E-state index contributed by atoms with van der Waals surface area (Å²) in [5, 5.41) is 2.99. The van der Waals surface area contributed by atoms with Gasteiger partial charge in [0.2, 0.25) is 5.95 Å². The molecule has 1 N–H and O–H groups in total. The fourth-order valence-electron chi connectivity index (χ4n) is 2.78. The molecule has 0 unspecified atom stereocenters. The first-order valence-corrected chi connectivity index (χ1v) is 9.43. The molecule has 1 fully saturated rings. The lowest BCUT2D eigenvalue weighted by atomic mass is 10.0. The zero-order chi connectivity index (χ0) is 17.9. The molecule has 0 spiro atoms. The third-order valence-electron chi connectivity index (χ3n) is 4.03. The molecule has 2 aromatic rings. The molecule has 134 valence electrons. The number of piperidine rings is 1. The number of hydrogen-bond acceptors (Lipinski definition) is 7. The van der Waals surface area contributed by atoms with E-state index >= 15 is 0 Å². The van der Waals surface area contributed by atoms with E-state index in [0.29, 0.717) is 24.0 Å². The lowest BCUT2D eigenvalue weighted by Crippen LogP contribution is -2.44. The number of hydrogen-bond donors (Lipinski definition) is 1. The summed E-state index contributed by atoms with van der Waals surface area (Å²) in [7, 11) is -0.418. The van der Waals surface area contributed by atoms with Crippen LogP contribution in [0.3, 0.4) is 0 Å². The first-order valence-electron chi connectivity index (χ1n) is 8.04. The maximum atomic E-state index is 12.6. The van der Waals surface area contributed by atoms with E-state index in [-0.39, 0.29) is 6.04 Å². The SMILES string of the molecule is CN(C)S(=O)(=O)N1CCCC[C@H]1c1ccnc(Nc2cnccn2)n1. The summed E-state index contributed by atoms with van der Waals surface area (Å²) in [6, 6.07) is 1.46. The van der Waals surface area contributed by atoms with Crippen molar-refractivity contribution in [2.75, 3.05) is 26.0 Å². The topological polar surface area (TPSA) is 104 Å². The van der Waals surface area contributed by atoms with Gasteiger partial charge in [0.1, 0.15) is 0 Å². The molecule has 0 saturated carbocycles. The number of nitrogens with one attached hydrogen (secondary N) is 1. The van der Waals surface area contributed by atoms with Crippen LogP contribution in [-0.4, -0.2) is 57.6 Å². The Bertz CT molecular complexity index is 814. The highest BCUT2D eigenvalue weighted by Crippen LogP contribution is 2.33. The highest BCUT2D eigenvalue weighted by molar-refractivity contribution is 7.86. The Morgan fingerprint density at radius 1 is 1.20 bits per heavy atom. The van der Waals surface area contributed by atoms with Crippen molar-refractivity contribution in [1.29, 1.82) is 0 Å². The van der Waals surface area contributed by atoms with E-state index in [2.05, 4.69) is 25.3 Å². The van der Waals surface area contributed by atoms with Gasteiger partial charge in [-0.2, -0.15) is 17.0 Å². The average molecular weight is 363 g/mol. The minimum atomic E-state index is -3.51. The first-order chi connectivity index (χ1) is 12.0. The van der Waals surface area contributed by atoms with E-state index in [1.54, 1.807) is 44.9 Å². The number of anilines is 2. The Hall–Kier alpha value is -2.17. The quantitative estimate of drug-likeness (QED) is 0.855. The first kappa shape index (κ1) is 17.6. The summed E-state index contributed by atoms with van der Waals surface area (Å²) in [5.41, 5.74) is 0.673. The predicted octanol–water partition coefficient (Wildman–Crippen LogP) is 1.34. The monoisotopic (exact) mass is 363 g/mol. The molecule has 0 amide bonds. The minimum Gasteiger partial charge on any atom is -0.307 e. The molecule has 3 rings (SSSR count). The van der Waals surface area contributed by atoms with Gasteiger partial charge in [0.15, 0.2) is 5.82 Å². The van der Waals surface area contributed by atoms with E-state index < -0.39 is 10.2 Å². The Morgan fingerprint density at radius 2 is 2.04 bits per heavy atom. The molecule has 0 radical (unpaired) electrons. The Balaban J connectivity index is 1.88. The molecule has 10 heteroatoms. The van der Waals surface area contributed by atoms with Crippen LogP contribution in [0.2, 0.25) is 0 Å². The third kappa shape index (κ3) is 3.91. The molecule has 0 bridgehead atoms. The summed E-state index contributed by atoms with van der Waals surface area (Å²) in [6.45, 7) is 0.488. The molecule has 2 aromatic heterocycles. The van der Waals surface area contributed by atoms with Crippen molar-refractivity contribution in [3.05, 3.63) is 36.5 Å². The molecule has 0 aliphatic carbocycles. The van der Waals surface area contributed by atoms with Gasteiger partial charge in [-0.1, -0.05) is 6.42 Å². The number of nitrogens with zero attached hydrogens (tertiary/aromatic N) is 6. The number of aromatic nitrogens is 4. The summed E-state index contributed by atoms with van der Waals surface area (Å²) < 4.78 is 28.0. The Labute approximate surface area is 147 Å². The van der Waals surface area contributed by atoms with Gasteiger partial charge >= 0.3 is 0 Å². The molecule has 1 saturated heterocycles. The van der Waals surface area contributed by atoms with Crippen LogP contribution < -0.4 is 5.32 Å². The van der Waals surface area contributed by atoms with Crippen LogP contribution in [0.15, 0.2) is 30.9 Å². The van der Waals surface area contributed by atoms with Crippen molar-refractivity contribution < 1.29 is 8.42 Å². The second-order valence-electron chi connectivity index (χ2n) is 5.93. The number of rotatable bonds is 5. The van der Waals surface area contributed by atoms with Gasteiger partial charge in [0.25, 0.3) is 10.2 Å². The van der Waals surface area contributed by atoms with Crippen LogP contribution in [0.1, 0.15) is 31.0 Å². The van der Waals surface area contributed by atoms with Gasteiger partial charge in [-0.05, 0) is 18.9 Å². The lowest BCUT2D eigenvalue weighted by Gasteiger charge is -2.35. The van der Waals surface area contributed by atoms with Gasteiger partial charge in [-0.15, -0.1) is 0 Å². The van der Waals surface area contributed by atoms with Crippen molar-refractivity contribution in [1.82, 2.24) is 28.5 Å². The molecule has 0 aromatic carbocycles. The summed E-state index contributed by atoms with van der Waals surface area (Å²) in [5.74, 6) is 0.895. The van der Waals surface area contributed by atoms with E-state index in [1.165, 1.54) is 8.61 Å². The fraction of sp³-hybridized carbons (Fsp3) is 0.467. The highest BCUT2D eigenvalue weighted by atomic mass is 32.2. The maximum Gasteiger partial charge on any atom is 0.282 e.